The van der Waals surface area contributed by atoms with Gasteiger partial charge in [-0.2, -0.15) is 0 Å². The molecule has 0 fully saturated rings. The molecule has 0 saturated heterocycles. The smallest absolute Gasteiger partial charge is 0.143 e. The molecule has 4 heteroatoms. The fraction of sp³-hybridized carbons (Fsp3) is 0.200. The van der Waals surface area contributed by atoms with Gasteiger partial charge in [0.1, 0.15) is 5.82 Å². The number of nitrogens with zero attached hydrogens (tertiary/aromatic N) is 3. The van der Waals surface area contributed by atoms with Crippen molar-refractivity contribution in [3.05, 3.63) is 42.7 Å². The molecule has 0 saturated carbocycles. The highest BCUT2D eigenvalue weighted by Crippen LogP contribution is 2.28. The second-order valence-corrected chi connectivity index (χ2v) is 4.54. The van der Waals surface area contributed by atoms with E-state index in [2.05, 4.69) is 22.5 Å². The molecule has 3 aromatic rings. The highest BCUT2D eigenvalue weighted by Gasteiger charge is 2.13. The molecule has 0 aliphatic carbocycles. The Hall–Kier alpha value is -2.36. The summed E-state index contributed by atoms with van der Waals surface area (Å²) in [7, 11) is 0. The molecule has 0 radical (unpaired) electrons. The van der Waals surface area contributed by atoms with Gasteiger partial charge in [-0.15, -0.1) is 0 Å². The summed E-state index contributed by atoms with van der Waals surface area (Å²) in [5.41, 5.74) is 9.78. The summed E-state index contributed by atoms with van der Waals surface area (Å²) in [6.07, 6.45) is 4.48. The van der Waals surface area contributed by atoms with Crippen molar-refractivity contribution in [1.82, 2.24) is 14.5 Å². The maximum atomic E-state index is 6.02. The number of aryl methyl sites for hydroxylation is 1. The first-order valence-corrected chi connectivity index (χ1v) is 6.46. The van der Waals surface area contributed by atoms with Crippen LogP contribution in [-0.2, 0) is 6.54 Å². The minimum atomic E-state index is 0.662. The van der Waals surface area contributed by atoms with Gasteiger partial charge in [-0.1, -0.05) is 19.1 Å². The summed E-state index contributed by atoms with van der Waals surface area (Å²) in [6, 6.07) is 10.1. The van der Waals surface area contributed by atoms with Gasteiger partial charge >= 0.3 is 0 Å². The van der Waals surface area contributed by atoms with E-state index in [9.17, 15) is 0 Å². The number of hydrogen-bond donors (Lipinski definition) is 1. The third kappa shape index (κ3) is 1.95. The van der Waals surface area contributed by atoms with Crippen LogP contribution in [0.25, 0.3) is 22.4 Å². The van der Waals surface area contributed by atoms with Gasteiger partial charge in [-0.3, -0.25) is 4.98 Å². The molecule has 2 aromatic heterocycles. The lowest BCUT2D eigenvalue weighted by Crippen LogP contribution is -2.01. The number of hydrogen-bond acceptors (Lipinski definition) is 3. The lowest BCUT2D eigenvalue weighted by atomic mass is 10.2. The van der Waals surface area contributed by atoms with Gasteiger partial charge in [0, 0.05) is 18.3 Å². The van der Waals surface area contributed by atoms with Crippen molar-refractivity contribution in [1.29, 1.82) is 0 Å². The Morgan fingerprint density at radius 1 is 1.21 bits per heavy atom. The monoisotopic (exact) mass is 252 g/mol. The van der Waals surface area contributed by atoms with Gasteiger partial charge in [-0.05, 0) is 24.6 Å². The number of anilines is 1. The molecule has 1 aromatic carbocycles. The number of nitrogens with two attached hydrogens (primary N) is 1. The van der Waals surface area contributed by atoms with Crippen LogP contribution in [0.2, 0.25) is 0 Å². The molecule has 19 heavy (non-hydrogen) atoms. The van der Waals surface area contributed by atoms with E-state index >= 15 is 0 Å². The van der Waals surface area contributed by atoms with Gasteiger partial charge in [0.05, 0.1) is 22.9 Å². The lowest BCUT2D eigenvalue weighted by molar-refractivity contribution is 0.704. The minimum absolute atomic E-state index is 0.662. The van der Waals surface area contributed by atoms with Crippen LogP contribution >= 0.6 is 0 Å². The molecule has 4 nitrogen and oxygen atoms in total. The van der Waals surface area contributed by atoms with E-state index in [0.29, 0.717) is 5.69 Å². The van der Waals surface area contributed by atoms with Crippen molar-refractivity contribution >= 4 is 16.7 Å². The van der Waals surface area contributed by atoms with Crippen molar-refractivity contribution in [2.75, 3.05) is 5.73 Å². The third-order valence-corrected chi connectivity index (χ3v) is 3.19. The van der Waals surface area contributed by atoms with E-state index < -0.39 is 0 Å². The predicted molar refractivity (Wildman–Crippen MR) is 77.7 cm³/mol. The van der Waals surface area contributed by atoms with Gasteiger partial charge in [0.2, 0.25) is 0 Å². The van der Waals surface area contributed by atoms with Crippen molar-refractivity contribution in [2.24, 2.45) is 0 Å². The van der Waals surface area contributed by atoms with Crippen molar-refractivity contribution < 1.29 is 0 Å². The summed E-state index contributed by atoms with van der Waals surface area (Å²) in [5.74, 6) is 0.919. The van der Waals surface area contributed by atoms with Crippen LogP contribution in [0.1, 0.15) is 13.3 Å². The number of nitrogen functional groups attached to an aromatic ring is 1. The van der Waals surface area contributed by atoms with Gasteiger partial charge < -0.3 is 10.3 Å². The van der Waals surface area contributed by atoms with E-state index in [-0.39, 0.29) is 0 Å². The maximum absolute atomic E-state index is 6.02. The summed E-state index contributed by atoms with van der Waals surface area (Å²) >= 11 is 0. The first kappa shape index (κ1) is 11.7. The highest BCUT2D eigenvalue weighted by atomic mass is 15.1. The zero-order chi connectivity index (χ0) is 13.2. The summed E-state index contributed by atoms with van der Waals surface area (Å²) in [6.45, 7) is 3.09. The van der Waals surface area contributed by atoms with E-state index in [4.69, 9.17) is 10.7 Å². The Morgan fingerprint density at radius 2 is 2.05 bits per heavy atom. The third-order valence-electron chi connectivity index (χ3n) is 3.19. The van der Waals surface area contributed by atoms with E-state index in [1.807, 2.05) is 24.3 Å². The number of pyridine rings is 1. The molecular weight excluding hydrogens is 236 g/mol. The van der Waals surface area contributed by atoms with Crippen molar-refractivity contribution in [2.45, 2.75) is 19.9 Å². The first-order valence-electron chi connectivity index (χ1n) is 6.46. The van der Waals surface area contributed by atoms with Gasteiger partial charge in [-0.25, -0.2) is 4.98 Å². The average Bonchev–Trinajstić information content (AvgIpc) is 2.79. The normalized spacial score (nSPS) is 11.0. The Labute approximate surface area is 111 Å². The molecular formula is C15H16N4. The van der Waals surface area contributed by atoms with Crippen LogP contribution in [0.3, 0.4) is 0 Å². The number of aromatic nitrogens is 3. The number of para-hydroxylation sites is 2. The molecule has 0 aliphatic rings. The quantitative estimate of drug-likeness (QED) is 0.779. The molecule has 2 heterocycles. The summed E-state index contributed by atoms with van der Waals surface area (Å²) in [4.78, 5) is 8.76. The number of rotatable bonds is 3. The Morgan fingerprint density at radius 3 is 2.84 bits per heavy atom. The Kier molecular flexibility index (Phi) is 2.91. The second kappa shape index (κ2) is 4.72. The van der Waals surface area contributed by atoms with Gasteiger partial charge in [0.25, 0.3) is 0 Å². The van der Waals surface area contributed by atoms with Crippen LogP contribution in [0.4, 0.5) is 5.69 Å². The molecule has 3 rings (SSSR count). The SMILES string of the molecule is CCCn1c(-c2ccncc2N)nc2ccccc21. The van der Waals surface area contributed by atoms with Crippen molar-refractivity contribution in [3.63, 3.8) is 0 Å². The Bertz CT molecular complexity index is 715. The van der Waals surface area contributed by atoms with Gasteiger partial charge in [0.15, 0.2) is 0 Å². The molecule has 0 atom stereocenters. The average molecular weight is 252 g/mol. The lowest BCUT2D eigenvalue weighted by Gasteiger charge is -2.09. The largest absolute Gasteiger partial charge is 0.397 e. The molecule has 96 valence electrons. The summed E-state index contributed by atoms with van der Waals surface area (Å²) in [5, 5.41) is 0. The standard InChI is InChI=1S/C15H16N4/c1-2-9-19-14-6-4-3-5-13(14)18-15(19)11-7-8-17-10-12(11)16/h3-8,10H,2,9,16H2,1H3. The van der Waals surface area contributed by atoms with Crippen molar-refractivity contribution in [3.8, 4) is 11.4 Å². The van der Waals surface area contributed by atoms with Crippen LogP contribution in [0.15, 0.2) is 42.7 Å². The highest BCUT2D eigenvalue weighted by molar-refractivity contribution is 5.83. The number of benzene rings is 1. The topological polar surface area (TPSA) is 56.7 Å². The van der Waals surface area contributed by atoms with Crippen LogP contribution in [0, 0.1) is 0 Å². The predicted octanol–water partition coefficient (Wildman–Crippen LogP) is 3.09. The maximum Gasteiger partial charge on any atom is 0.143 e. The summed E-state index contributed by atoms with van der Waals surface area (Å²) < 4.78 is 2.22. The molecule has 0 unspecified atom stereocenters. The minimum Gasteiger partial charge on any atom is -0.397 e. The molecule has 0 spiro atoms. The Balaban J connectivity index is 2.28. The van der Waals surface area contributed by atoms with E-state index in [0.717, 1.165) is 35.4 Å². The number of imidazole rings is 1. The fourth-order valence-corrected chi connectivity index (χ4v) is 2.34. The molecule has 2 N–H and O–H groups in total. The van der Waals surface area contributed by atoms with E-state index in [1.165, 1.54) is 0 Å². The molecule has 0 bridgehead atoms. The zero-order valence-corrected chi connectivity index (χ0v) is 10.9. The first-order chi connectivity index (χ1) is 9.31. The number of fused-ring (bicyclic) bond motifs is 1. The van der Waals surface area contributed by atoms with E-state index in [1.54, 1.807) is 12.4 Å². The van der Waals surface area contributed by atoms with Crippen LogP contribution in [0.5, 0.6) is 0 Å². The van der Waals surface area contributed by atoms with Crippen LogP contribution in [-0.4, -0.2) is 14.5 Å². The fourth-order valence-electron chi connectivity index (χ4n) is 2.34. The molecule has 0 amide bonds. The molecule has 0 aliphatic heterocycles. The second-order valence-electron chi connectivity index (χ2n) is 4.54. The van der Waals surface area contributed by atoms with Crippen LogP contribution < -0.4 is 5.73 Å². The zero-order valence-electron chi connectivity index (χ0n) is 10.9.